The Morgan fingerprint density at radius 1 is 1.04 bits per heavy atom. The molecular weight excluding hydrogens is 310 g/mol. The number of hydrogen-bond donors (Lipinski definition) is 0. The maximum absolute atomic E-state index is 12.3. The summed E-state index contributed by atoms with van der Waals surface area (Å²) in [5.41, 5.74) is 1.04. The lowest BCUT2D eigenvalue weighted by atomic mass is 10.2. The van der Waals surface area contributed by atoms with Gasteiger partial charge in [0.1, 0.15) is 0 Å². The van der Waals surface area contributed by atoms with E-state index in [1.165, 1.54) is 0 Å². The molecule has 1 fully saturated rings. The summed E-state index contributed by atoms with van der Waals surface area (Å²) >= 11 is 1.61. The van der Waals surface area contributed by atoms with Crippen LogP contribution in [0.5, 0.6) is 0 Å². The first-order valence-electron chi connectivity index (χ1n) is 7.80. The third-order valence-electron chi connectivity index (χ3n) is 4.14. The van der Waals surface area contributed by atoms with E-state index in [-0.39, 0.29) is 11.8 Å². The summed E-state index contributed by atoms with van der Waals surface area (Å²) < 4.78 is 1.95. The second kappa shape index (κ2) is 7.00. The van der Waals surface area contributed by atoms with Crippen molar-refractivity contribution in [3.63, 3.8) is 0 Å². The van der Waals surface area contributed by atoms with Gasteiger partial charge < -0.3 is 14.4 Å². The summed E-state index contributed by atoms with van der Waals surface area (Å²) in [7, 11) is 1.95. The van der Waals surface area contributed by atoms with Gasteiger partial charge in [-0.3, -0.25) is 9.59 Å². The minimum absolute atomic E-state index is 0.140. The van der Waals surface area contributed by atoms with Gasteiger partial charge in [-0.05, 0) is 23.1 Å². The molecule has 6 heteroatoms. The monoisotopic (exact) mass is 331 g/mol. The number of carbonyl (C=O) groups is 2. The van der Waals surface area contributed by atoms with Crippen LogP contribution in [0.4, 0.5) is 0 Å². The molecule has 122 valence electrons. The predicted octanol–water partition coefficient (Wildman–Crippen LogP) is 1.54. The van der Waals surface area contributed by atoms with E-state index in [0.717, 1.165) is 10.4 Å². The molecule has 0 unspecified atom stereocenters. The molecule has 5 nitrogen and oxygen atoms in total. The van der Waals surface area contributed by atoms with Gasteiger partial charge in [0.15, 0.2) is 0 Å². The molecular formula is C17H21N3O2S. The summed E-state index contributed by atoms with van der Waals surface area (Å²) in [6.45, 7) is 2.51. The highest BCUT2D eigenvalue weighted by Gasteiger charge is 2.24. The van der Waals surface area contributed by atoms with Gasteiger partial charge in [0.05, 0.1) is 12.8 Å². The fourth-order valence-corrected chi connectivity index (χ4v) is 3.53. The lowest BCUT2D eigenvalue weighted by Crippen LogP contribution is -2.51. The molecule has 1 aliphatic heterocycles. The lowest BCUT2D eigenvalue weighted by Gasteiger charge is -2.34. The first-order chi connectivity index (χ1) is 11.1. The molecule has 0 aromatic carbocycles. The molecule has 3 rings (SSSR count). The number of piperazine rings is 1. The molecule has 0 N–H and O–H groups in total. The maximum Gasteiger partial charge on any atom is 0.227 e. The summed E-state index contributed by atoms with van der Waals surface area (Å²) in [4.78, 5) is 29.4. The van der Waals surface area contributed by atoms with Gasteiger partial charge in [-0.2, -0.15) is 0 Å². The average Bonchev–Trinajstić information content (AvgIpc) is 3.19. The van der Waals surface area contributed by atoms with Crippen LogP contribution in [0.15, 0.2) is 36.0 Å². The Morgan fingerprint density at radius 3 is 2.22 bits per heavy atom. The van der Waals surface area contributed by atoms with Gasteiger partial charge >= 0.3 is 0 Å². The maximum atomic E-state index is 12.3. The minimum atomic E-state index is 0.140. The molecule has 0 radical (unpaired) electrons. The molecule has 0 bridgehead atoms. The fourth-order valence-electron chi connectivity index (χ4n) is 2.83. The van der Waals surface area contributed by atoms with Crippen molar-refractivity contribution in [2.45, 2.75) is 12.8 Å². The van der Waals surface area contributed by atoms with Crippen molar-refractivity contribution in [3.05, 3.63) is 46.4 Å². The van der Waals surface area contributed by atoms with Gasteiger partial charge in [0.25, 0.3) is 0 Å². The predicted molar refractivity (Wildman–Crippen MR) is 90.3 cm³/mol. The topological polar surface area (TPSA) is 45.6 Å². The zero-order valence-corrected chi connectivity index (χ0v) is 14.1. The number of aryl methyl sites for hydroxylation is 1. The van der Waals surface area contributed by atoms with E-state index in [9.17, 15) is 9.59 Å². The van der Waals surface area contributed by atoms with Gasteiger partial charge in [-0.1, -0.05) is 6.07 Å². The van der Waals surface area contributed by atoms with Crippen LogP contribution in [0.3, 0.4) is 0 Å². The molecule has 3 heterocycles. The quantitative estimate of drug-likeness (QED) is 0.853. The van der Waals surface area contributed by atoms with Crippen molar-refractivity contribution in [1.82, 2.24) is 14.4 Å². The number of thiophene rings is 1. The van der Waals surface area contributed by atoms with Crippen molar-refractivity contribution in [1.29, 1.82) is 0 Å². The highest BCUT2D eigenvalue weighted by molar-refractivity contribution is 7.10. The molecule has 0 saturated carbocycles. The number of hydrogen-bond acceptors (Lipinski definition) is 3. The van der Waals surface area contributed by atoms with E-state index in [2.05, 4.69) is 0 Å². The van der Waals surface area contributed by atoms with Crippen LogP contribution in [0.2, 0.25) is 0 Å². The molecule has 2 amide bonds. The average molecular weight is 331 g/mol. The molecule has 0 aliphatic carbocycles. The van der Waals surface area contributed by atoms with E-state index in [1.54, 1.807) is 11.3 Å². The van der Waals surface area contributed by atoms with E-state index in [4.69, 9.17) is 0 Å². The Kier molecular flexibility index (Phi) is 4.81. The molecule has 23 heavy (non-hydrogen) atoms. The first kappa shape index (κ1) is 15.8. The zero-order chi connectivity index (χ0) is 16.2. The number of carbonyl (C=O) groups excluding carboxylic acids is 2. The number of aromatic nitrogens is 1. The Labute approximate surface area is 140 Å². The largest absolute Gasteiger partial charge is 0.357 e. The van der Waals surface area contributed by atoms with Gasteiger partial charge in [-0.15, -0.1) is 11.3 Å². The summed E-state index contributed by atoms with van der Waals surface area (Å²) in [5.74, 6) is 0.296. The number of amides is 2. The highest BCUT2D eigenvalue weighted by Crippen LogP contribution is 2.13. The lowest BCUT2D eigenvalue weighted by molar-refractivity contribution is -0.138. The van der Waals surface area contributed by atoms with Crippen molar-refractivity contribution in [3.8, 4) is 0 Å². The van der Waals surface area contributed by atoms with Crippen LogP contribution < -0.4 is 0 Å². The van der Waals surface area contributed by atoms with Gasteiger partial charge in [0.2, 0.25) is 11.8 Å². The Bertz CT molecular complexity index is 670. The summed E-state index contributed by atoms with van der Waals surface area (Å²) in [6.07, 6.45) is 4.82. The van der Waals surface area contributed by atoms with Crippen LogP contribution in [0.1, 0.15) is 10.4 Å². The molecule has 0 atom stereocenters. The summed E-state index contributed by atoms with van der Waals surface area (Å²) in [6, 6.07) is 5.92. The van der Waals surface area contributed by atoms with Crippen LogP contribution in [-0.4, -0.2) is 52.4 Å². The normalized spacial score (nSPS) is 15.0. The Morgan fingerprint density at radius 2 is 1.70 bits per heavy atom. The SMILES string of the molecule is Cn1ccc(CC(=O)N2CCN(C(=O)Cc3cccs3)CC2)c1. The van der Waals surface area contributed by atoms with Gasteiger partial charge in [-0.25, -0.2) is 0 Å². The second-order valence-electron chi connectivity index (χ2n) is 5.88. The van der Waals surface area contributed by atoms with E-state index < -0.39 is 0 Å². The first-order valence-corrected chi connectivity index (χ1v) is 8.68. The molecule has 2 aromatic rings. The van der Waals surface area contributed by atoms with E-state index in [0.29, 0.717) is 39.0 Å². The number of rotatable bonds is 4. The van der Waals surface area contributed by atoms with Crippen molar-refractivity contribution < 1.29 is 9.59 Å². The number of nitrogens with zero attached hydrogens (tertiary/aromatic N) is 3. The van der Waals surface area contributed by atoms with Crippen molar-refractivity contribution >= 4 is 23.2 Å². The van der Waals surface area contributed by atoms with Crippen LogP contribution in [-0.2, 0) is 29.5 Å². The van der Waals surface area contributed by atoms with Gasteiger partial charge in [0, 0.05) is 50.5 Å². The van der Waals surface area contributed by atoms with E-state index in [1.807, 2.05) is 57.4 Å². The second-order valence-corrected chi connectivity index (χ2v) is 6.91. The molecule has 1 saturated heterocycles. The molecule has 0 spiro atoms. The highest BCUT2D eigenvalue weighted by atomic mass is 32.1. The van der Waals surface area contributed by atoms with Crippen LogP contribution in [0.25, 0.3) is 0 Å². The van der Waals surface area contributed by atoms with E-state index >= 15 is 0 Å². The fraction of sp³-hybridized carbons (Fsp3) is 0.412. The standard InChI is InChI=1S/C17H21N3O2S/c1-18-5-4-14(13-18)11-16(21)19-6-8-20(9-7-19)17(22)12-15-3-2-10-23-15/h2-5,10,13H,6-9,11-12H2,1H3. The summed E-state index contributed by atoms with van der Waals surface area (Å²) in [5, 5.41) is 1.99. The minimum Gasteiger partial charge on any atom is -0.357 e. The zero-order valence-electron chi connectivity index (χ0n) is 13.3. The van der Waals surface area contributed by atoms with Crippen LogP contribution >= 0.6 is 11.3 Å². The van der Waals surface area contributed by atoms with Crippen molar-refractivity contribution in [2.75, 3.05) is 26.2 Å². The smallest absolute Gasteiger partial charge is 0.227 e. The third kappa shape index (κ3) is 4.01. The Hall–Kier alpha value is -2.08. The third-order valence-corrected chi connectivity index (χ3v) is 5.02. The molecule has 2 aromatic heterocycles. The Balaban J connectivity index is 1.47. The van der Waals surface area contributed by atoms with Crippen LogP contribution in [0, 0.1) is 0 Å². The van der Waals surface area contributed by atoms with Crippen molar-refractivity contribution in [2.24, 2.45) is 7.05 Å². The molecule has 1 aliphatic rings.